The molecule has 0 aromatic carbocycles. The van der Waals surface area contributed by atoms with E-state index < -0.39 is 49.5 Å². The van der Waals surface area contributed by atoms with E-state index in [1.54, 1.807) is 7.05 Å². The molecule has 0 saturated carbocycles. The zero-order valence-electron chi connectivity index (χ0n) is 17.3. The van der Waals surface area contributed by atoms with Crippen molar-refractivity contribution in [3.05, 3.63) is 0 Å². The monoisotopic (exact) mass is 450 g/mol. The number of hydrogen-bond donors (Lipinski definition) is 5. The molecule has 14 heteroatoms. The number of carboxylic acid groups (broad SMARTS) is 5. The average Bonchev–Trinajstić information content (AvgIpc) is 2.58. The number of carbonyl (C=O) groups is 5. The van der Waals surface area contributed by atoms with Crippen molar-refractivity contribution >= 4 is 29.8 Å². The summed E-state index contributed by atoms with van der Waals surface area (Å²) in [5.74, 6) is -5.70. The topological polar surface area (TPSA) is 199 Å². The van der Waals surface area contributed by atoms with E-state index in [-0.39, 0.29) is 52.4 Å². The van der Waals surface area contributed by atoms with Gasteiger partial charge in [-0.3, -0.25) is 43.6 Å². The molecule has 178 valence electrons. The van der Waals surface area contributed by atoms with Crippen molar-refractivity contribution in [3.8, 4) is 0 Å². The Morgan fingerprint density at radius 3 is 1.03 bits per heavy atom. The molecule has 0 aromatic rings. The fourth-order valence-electron chi connectivity index (χ4n) is 2.71. The van der Waals surface area contributed by atoms with Gasteiger partial charge in [-0.2, -0.15) is 0 Å². The van der Waals surface area contributed by atoms with Gasteiger partial charge in [0.2, 0.25) is 0 Å². The van der Waals surface area contributed by atoms with Gasteiger partial charge in [0.1, 0.15) is 0 Å². The van der Waals surface area contributed by atoms with Crippen LogP contribution >= 0.6 is 0 Å². The number of hydrogen-bond acceptors (Lipinski definition) is 9. The van der Waals surface area contributed by atoms with E-state index in [1.807, 2.05) is 0 Å². The van der Waals surface area contributed by atoms with Crippen LogP contribution in [0.25, 0.3) is 0 Å². The summed E-state index contributed by atoms with van der Waals surface area (Å²) < 4.78 is 0. The van der Waals surface area contributed by atoms with Crippen LogP contribution in [0.2, 0.25) is 0 Å². The van der Waals surface area contributed by atoms with E-state index in [0.717, 1.165) is 4.90 Å². The summed E-state index contributed by atoms with van der Waals surface area (Å²) in [4.78, 5) is 60.4. The highest BCUT2D eigenvalue weighted by atomic mass is 16.4. The van der Waals surface area contributed by atoms with Gasteiger partial charge in [-0.1, -0.05) is 0 Å². The van der Waals surface area contributed by atoms with Gasteiger partial charge in [-0.15, -0.1) is 0 Å². The molecular weight excluding hydrogens is 420 g/mol. The van der Waals surface area contributed by atoms with Crippen molar-refractivity contribution in [1.29, 1.82) is 0 Å². The summed E-state index contributed by atoms with van der Waals surface area (Å²) in [6, 6.07) is 0. The summed E-state index contributed by atoms with van der Waals surface area (Å²) in [5, 5.41) is 44.7. The van der Waals surface area contributed by atoms with Crippen LogP contribution < -0.4 is 0 Å². The highest BCUT2D eigenvalue weighted by molar-refractivity contribution is 5.72. The lowest BCUT2D eigenvalue weighted by molar-refractivity contribution is -0.143. The van der Waals surface area contributed by atoms with Crippen LogP contribution in [0.1, 0.15) is 0 Å². The lowest BCUT2D eigenvalue weighted by atomic mass is 10.3. The molecule has 0 aliphatic heterocycles. The minimum Gasteiger partial charge on any atom is -0.480 e. The molecule has 0 saturated heterocycles. The maximum Gasteiger partial charge on any atom is 0.317 e. The Kier molecular flexibility index (Phi) is 13.7. The Balaban J connectivity index is 4.92. The third-order valence-corrected chi connectivity index (χ3v) is 4.10. The molecule has 0 atom stereocenters. The maximum absolute atomic E-state index is 11.1. The number of likely N-dealkylation sites (N-methyl/N-ethyl adjacent to an activating group) is 1. The normalized spacial score (nSPS) is 11.4. The average molecular weight is 450 g/mol. The first-order valence-electron chi connectivity index (χ1n) is 9.33. The third kappa shape index (κ3) is 16.7. The van der Waals surface area contributed by atoms with E-state index in [1.165, 1.54) is 14.7 Å². The zero-order valence-corrected chi connectivity index (χ0v) is 17.3. The first-order chi connectivity index (χ1) is 14.4. The lowest BCUT2D eigenvalue weighted by Crippen LogP contribution is -2.45. The largest absolute Gasteiger partial charge is 0.480 e. The van der Waals surface area contributed by atoms with Crippen LogP contribution in [-0.4, -0.2) is 154 Å². The Labute approximate surface area is 178 Å². The molecule has 0 aliphatic rings. The van der Waals surface area contributed by atoms with Gasteiger partial charge < -0.3 is 25.5 Å². The summed E-state index contributed by atoms with van der Waals surface area (Å²) in [5.41, 5.74) is 0. The number of carboxylic acids is 5. The van der Waals surface area contributed by atoms with Crippen molar-refractivity contribution in [2.24, 2.45) is 0 Å². The molecule has 0 radical (unpaired) electrons. The van der Waals surface area contributed by atoms with Gasteiger partial charge in [0, 0.05) is 39.3 Å². The van der Waals surface area contributed by atoms with E-state index >= 15 is 0 Å². The second kappa shape index (κ2) is 15.1. The predicted octanol–water partition coefficient (Wildman–Crippen LogP) is -2.75. The van der Waals surface area contributed by atoms with Gasteiger partial charge in [-0.25, -0.2) is 0 Å². The molecule has 0 rings (SSSR count). The lowest BCUT2D eigenvalue weighted by Gasteiger charge is -2.28. The van der Waals surface area contributed by atoms with Crippen LogP contribution in [0, 0.1) is 0 Å². The van der Waals surface area contributed by atoms with Crippen LogP contribution in [0.3, 0.4) is 0 Å². The van der Waals surface area contributed by atoms with Crippen LogP contribution in [0.4, 0.5) is 0 Å². The van der Waals surface area contributed by atoms with Gasteiger partial charge in [-0.05, 0) is 7.05 Å². The van der Waals surface area contributed by atoms with Gasteiger partial charge in [0.05, 0.1) is 32.7 Å². The van der Waals surface area contributed by atoms with Crippen molar-refractivity contribution in [1.82, 2.24) is 19.6 Å². The molecule has 0 spiro atoms. The van der Waals surface area contributed by atoms with Crippen molar-refractivity contribution in [2.45, 2.75) is 0 Å². The smallest absolute Gasteiger partial charge is 0.317 e. The molecule has 0 aromatic heterocycles. The number of rotatable bonds is 19. The SMILES string of the molecule is CN(CCN(CCN(CCN(CC(=O)O)CC(=O)O)CC(=O)O)CC(=O)O)CC(=O)O. The predicted molar refractivity (Wildman–Crippen MR) is 105 cm³/mol. The van der Waals surface area contributed by atoms with Crippen molar-refractivity contribution in [3.63, 3.8) is 0 Å². The third-order valence-electron chi connectivity index (χ3n) is 4.10. The molecular formula is C17H30N4O10. The van der Waals surface area contributed by atoms with Crippen molar-refractivity contribution in [2.75, 3.05) is 79.0 Å². The molecule has 31 heavy (non-hydrogen) atoms. The Hall–Kier alpha value is -2.81. The Bertz CT molecular complexity index is 614. The molecule has 14 nitrogen and oxygen atoms in total. The molecule has 0 bridgehead atoms. The summed E-state index contributed by atoms with van der Waals surface area (Å²) in [6.07, 6.45) is 0. The van der Waals surface area contributed by atoms with E-state index in [0.29, 0.717) is 0 Å². The van der Waals surface area contributed by atoms with Gasteiger partial charge in [0.25, 0.3) is 0 Å². The van der Waals surface area contributed by atoms with E-state index in [2.05, 4.69) is 0 Å². The molecule has 0 amide bonds. The fraction of sp³-hybridized carbons (Fsp3) is 0.706. The molecule has 0 aliphatic carbocycles. The standard InChI is InChI=1S/C17H30N4O10/c1-18(8-13(22)23)2-3-19(9-14(24)25)4-5-20(10-15(26)27)6-7-21(11-16(28)29)12-17(30)31/h2-12H2,1H3,(H,22,23)(H,24,25)(H,26,27)(H,28,29)(H,30,31). The highest BCUT2D eigenvalue weighted by Crippen LogP contribution is 1.98. The second-order valence-corrected chi connectivity index (χ2v) is 6.97. The fourth-order valence-corrected chi connectivity index (χ4v) is 2.71. The summed E-state index contributed by atoms with van der Waals surface area (Å²) in [6.45, 7) is -1.10. The molecule has 5 N–H and O–H groups in total. The zero-order chi connectivity index (χ0) is 24.0. The minimum atomic E-state index is -1.22. The maximum atomic E-state index is 11.1. The summed E-state index contributed by atoms with van der Waals surface area (Å²) >= 11 is 0. The highest BCUT2D eigenvalue weighted by Gasteiger charge is 2.18. The number of nitrogens with zero attached hydrogens (tertiary/aromatic N) is 4. The Morgan fingerprint density at radius 2 is 0.710 bits per heavy atom. The second-order valence-electron chi connectivity index (χ2n) is 6.97. The minimum absolute atomic E-state index is 0.00778. The molecule has 0 heterocycles. The molecule has 0 unspecified atom stereocenters. The first-order valence-corrected chi connectivity index (χ1v) is 9.33. The van der Waals surface area contributed by atoms with E-state index in [4.69, 9.17) is 25.5 Å². The van der Waals surface area contributed by atoms with Gasteiger partial charge in [0.15, 0.2) is 0 Å². The van der Waals surface area contributed by atoms with Crippen molar-refractivity contribution < 1.29 is 49.5 Å². The van der Waals surface area contributed by atoms with Crippen LogP contribution in [0.15, 0.2) is 0 Å². The van der Waals surface area contributed by atoms with E-state index in [9.17, 15) is 24.0 Å². The Morgan fingerprint density at radius 1 is 0.452 bits per heavy atom. The first kappa shape index (κ1) is 28.2. The van der Waals surface area contributed by atoms with Gasteiger partial charge >= 0.3 is 29.8 Å². The van der Waals surface area contributed by atoms with Crippen LogP contribution in [-0.2, 0) is 24.0 Å². The quantitative estimate of drug-likeness (QED) is 0.136. The molecule has 0 fully saturated rings. The summed E-state index contributed by atoms with van der Waals surface area (Å²) in [7, 11) is 1.57. The number of aliphatic carboxylic acids is 5. The van der Waals surface area contributed by atoms with Crippen LogP contribution in [0.5, 0.6) is 0 Å².